The molecule has 1 aliphatic rings. The molecule has 0 atom stereocenters. The summed E-state index contributed by atoms with van der Waals surface area (Å²) in [7, 11) is 0. The minimum atomic E-state index is -1.11. The summed E-state index contributed by atoms with van der Waals surface area (Å²) in [5, 5.41) is 9.31. The van der Waals surface area contributed by atoms with E-state index < -0.39 is 11.4 Å². The van der Waals surface area contributed by atoms with Crippen molar-refractivity contribution in [3.8, 4) is 0 Å². The van der Waals surface area contributed by atoms with E-state index in [9.17, 15) is 14.7 Å². The van der Waals surface area contributed by atoms with E-state index in [0.29, 0.717) is 19.4 Å². The van der Waals surface area contributed by atoms with Crippen LogP contribution in [0, 0.1) is 5.41 Å². The Bertz CT molecular complexity index is 308. The van der Waals surface area contributed by atoms with Gasteiger partial charge in [-0.1, -0.05) is 26.2 Å². The molecule has 0 unspecified atom stereocenters. The monoisotopic (exact) mass is 255 g/mol. The molecule has 1 fully saturated rings. The van der Waals surface area contributed by atoms with Crippen LogP contribution in [-0.2, 0) is 9.59 Å². The first-order valence-electron chi connectivity index (χ1n) is 7.00. The fourth-order valence-corrected chi connectivity index (χ4v) is 2.45. The Hall–Kier alpha value is -1.06. The van der Waals surface area contributed by atoms with Gasteiger partial charge in [-0.3, -0.25) is 9.59 Å². The fourth-order valence-electron chi connectivity index (χ4n) is 2.45. The van der Waals surface area contributed by atoms with Gasteiger partial charge in [-0.15, -0.1) is 0 Å². The van der Waals surface area contributed by atoms with Crippen LogP contribution in [0.1, 0.15) is 59.3 Å². The van der Waals surface area contributed by atoms with Crippen molar-refractivity contribution in [2.24, 2.45) is 5.41 Å². The summed E-state index contributed by atoms with van der Waals surface area (Å²) in [6.07, 6.45) is 4.98. The fraction of sp³-hybridized carbons (Fsp3) is 0.857. The smallest absolute Gasteiger partial charge is 0.319 e. The molecule has 104 valence electrons. The van der Waals surface area contributed by atoms with Crippen molar-refractivity contribution in [3.05, 3.63) is 0 Å². The number of carboxylic acid groups (broad SMARTS) is 1. The largest absolute Gasteiger partial charge is 0.480 e. The highest BCUT2D eigenvalue weighted by Gasteiger charge is 2.53. The molecule has 0 aromatic heterocycles. The van der Waals surface area contributed by atoms with Crippen LogP contribution < -0.4 is 0 Å². The lowest BCUT2D eigenvalue weighted by Crippen LogP contribution is -2.54. The second-order valence-electron chi connectivity index (χ2n) is 5.54. The second-order valence-corrected chi connectivity index (χ2v) is 5.54. The van der Waals surface area contributed by atoms with Gasteiger partial charge in [0.1, 0.15) is 5.41 Å². The summed E-state index contributed by atoms with van der Waals surface area (Å²) in [5.74, 6) is -1.12. The number of rotatable bonds is 7. The first-order chi connectivity index (χ1) is 8.45. The van der Waals surface area contributed by atoms with E-state index in [1.54, 1.807) is 4.90 Å². The average molecular weight is 255 g/mol. The molecule has 1 saturated carbocycles. The van der Waals surface area contributed by atoms with E-state index in [4.69, 9.17) is 0 Å². The molecule has 1 N–H and O–H groups in total. The van der Waals surface area contributed by atoms with Gasteiger partial charge in [0, 0.05) is 12.6 Å². The number of hydrogen-bond acceptors (Lipinski definition) is 2. The van der Waals surface area contributed by atoms with Crippen molar-refractivity contribution in [2.45, 2.75) is 65.3 Å². The first kappa shape index (κ1) is 15.0. The van der Waals surface area contributed by atoms with Gasteiger partial charge in [0.05, 0.1) is 0 Å². The van der Waals surface area contributed by atoms with Gasteiger partial charge in [0.25, 0.3) is 0 Å². The summed E-state index contributed by atoms with van der Waals surface area (Å²) in [6.45, 7) is 6.71. The maximum Gasteiger partial charge on any atom is 0.319 e. The van der Waals surface area contributed by atoms with E-state index in [2.05, 4.69) is 6.92 Å². The third kappa shape index (κ3) is 2.85. The number of carbonyl (C=O) groups excluding carboxylic acids is 1. The molecule has 18 heavy (non-hydrogen) atoms. The average Bonchev–Trinajstić information content (AvgIpc) is 2.21. The molecule has 4 nitrogen and oxygen atoms in total. The van der Waals surface area contributed by atoms with E-state index in [-0.39, 0.29) is 11.9 Å². The first-order valence-corrected chi connectivity index (χ1v) is 7.00. The number of carboxylic acids is 1. The summed E-state index contributed by atoms with van der Waals surface area (Å²) < 4.78 is 0. The van der Waals surface area contributed by atoms with Crippen molar-refractivity contribution < 1.29 is 14.7 Å². The minimum absolute atomic E-state index is 0.0752. The van der Waals surface area contributed by atoms with Crippen molar-refractivity contribution in [2.75, 3.05) is 6.54 Å². The molecule has 0 aliphatic heterocycles. The lowest BCUT2D eigenvalue weighted by atomic mass is 9.67. The molecule has 0 aromatic carbocycles. The minimum Gasteiger partial charge on any atom is -0.480 e. The molecule has 0 aromatic rings. The number of hydrogen-bond donors (Lipinski definition) is 1. The molecule has 0 spiro atoms. The maximum atomic E-state index is 12.5. The second kappa shape index (κ2) is 6.21. The summed E-state index contributed by atoms with van der Waals surface area (Å²) in [4.78, 5) is 25.6. The van der Waals surface area contributed by atoms with Gasteiger partial charge in [-0.2, -0.15) is 0 Å². The van der Waals surface area contributed by atoms with Gasteiger partial charge in [0.2, 0.25) is 5.91 Å². The zero-order chi connectivity index (χ0) is 13.8. The lowest BCUT2D eigenvalue weighted by Gasteiger charge is -2.41. The van der Waals surface area contributed by atoms with E-state index in [1.807, 2.05) is 13.8 Å². The van der Waals surface area contributed by atoms with Crippen LogP contribution in [0.25, 0.3) is 0 Å². The summed E-state index contributed by atoms with van der Waals surface area (Å²) >= 11 is 0. The highest BCUT2D eigenvalue weighted by Crippen LogP contribution is 2.43. The Labute approximate surface area is 109 Å². The number of unbranched alkanes of at least 4 members (excludes halogenated alkanes) is 2. The van der Waals surface area contributed by atoms with Crippen LogP contribution in [-0.4, -0.2) is 34.5 Å². The van der Waals surface area contributed by atoms with Crippen LogP contribution in [0.5, 0.6) is 0 Å². The van der Waals surface area contributed by atoms with Crippen LogP contribution in [0.2, 0.25) is 0 Å². The van der Waals surface area contributed by atoms with Crippen LogP contribution in [0.3, 0.4) is 0 Å². The predicted octanol–water partition coefficient (Wildman–Crippen LogP) is 2.67. The maximum absolute atomic E-state index is 12.5. The number of aliphatic carboxylic acids is 1. The zero-order valence-electron chi connectivity index (χ0n) is 11.7. The Balaban J connectivity index is 2.72. The zero-order valence-corrected chi connectivity index (χ0v) is 11.7. The normalized spacial score (nSPS) is 17.3. The molecule has 0 heterocycles. The highest BCUT2D eigenvalue weighted by atomic mass is 16.4. The van der Waals surface area contributed by atoms with Crippen LogP contribution in [0.15, 0.2) is 0 Å². The van der Waals surface area contributed by atoms with Crippen molar-refractivity contribution >= 4 is 11.9 Å². The van der Waals surface area contributed by atoms with Crippen LogP contribution >= 0.6 is 0 Å². The number of carbonyl (C=O) groups is 2. The van der Waals surface area contributed by atoms with Crippen molar-refractivity contribution in [1.82, 2.24) is 4.90 Å². The third-order valence-electron chi connectivity index (χ3n) is 3.91. The summed E-state index contributed by atoms with van der Waals surface area (Å²) in [6, 6.07) is 0.0752. The quantitative estimate of drug-likeness (QED) is 0.562. The molecular formula is C14H25NO3. The molecule has 1 rings (SSSR count). The van der Waals surface area contributed by atoms with E-state index >= 15 is 0 Å². The molecular weight excluding hydrogens is 230 g/mol. The van der Waals surface area contributed by atoms with Gasteiger partial charge < -0.3 is 10.0 Å². The molecule has 0 bridgehead atoms. The van der Waals surface area contributed by atoms with Gasteiger partial charge in [0.15, 0.2) is 0 Å². The van der Waals surface area contributed by atoms with Gasteiger partial charge in [-0.25, -0.2) is 0 Å². The lowest BCUT2D eigenvalue weighted by molar-refractivity contribution is -0.168. The molecule has 4 heteroatoms. The number of amides is 1. The summed E-state index contributed by atoms with van der Waals surface area (Å²) in [5.41, 5.74) is -1.11. The molecule has 0 radical (unpaired) electrons. The van der Waals surface area contributed by atoms with Crippen molar-refractivity contribution in [1.29, 1.82) is 0 Å². The Morgan fingerprint density at radius 1 is 1.28 bits per heavy atom. The molecule has 0 saturated heterocycles. The Morgan fingerprint density at radius 3 is 2.22 bits per heavy atom. The Morgan fingerprint density at radius 2 is 1.89 bits per heavy atom. The number of nitrogens with zero attached hydrogens (tertiary/aromatic N) is 1. The van der Waals surface area contributed by atoms with Gasteiger partial charge >= 0.3 is 5.97 Å². The van der Waals surface area contributed by atoms with Crippen LogP contribution in [0.4, 0.5) is 0 Å². The standard InChI is InChI=1S/C14H25NO3/c1-4-5-6-10-15(11(2)3)12(16)14(13(17)18)8-7-9-14/h11H,4-10H2,1-3H3,(H,17,18). The predicted molar refractivity (Wildman–Crippen MR) is 70.3 cm³/mol. The third-order valence-corrected chi connectivity index (χ3v) is 3.91. The molecule has 1 amide bonds. The Kier molecular flexibility index (Phi) is 5.17. The highest BCUT2D eigenvalue weighted by molar-refractivity contribution is 6.02. The SMILES string of the molecule is CCCCCN(C(=O)C1(C(=O)O)CCC1)C(C)C. The van der Waals surface area contributed by atoms with Gasteiger partial charge in [-0.05, 0) is 33.1 Å². The van der Waals surface area contributed by atoms with Crippen molar-refractivity contribution in [3.63, 3.8) is 0 Å². The van der Waals surface area contributed by atoms with E-state index in [1.165, 1.54) is 0 Å². The van der Waals surface area contributed by atoms with E-state index in [0.717, 1.165) is 25.7 Å². The molecule has 1 aliphatic carbocycles. The topological polar surface area (TPSA) is 57.6 Å².